The van der Waals surface area contributed by atoms with Crippen LogP contribution in [0.15, 0.2) is 18.5 Å². The summed E-state index contributed by atoms with van der Waals surface area (Å²) in [5.41, 5.74) is 1.98. The minimum absolute atomic E-state index is 0.158. The fraction of sp³-hybridized carbons (Fsp3) is 0.357. The predicted octanol–water partition coefficient (Wildman–Crippen LogP) is 0.967. The second-order valence-electron chi connectivity index (χ2n) is 4.83. The number of rotatable bonds is 5. The summed E-state index contributed by atoms with van der Waals surface area (Å²) < 4.78 is 5.20. The molecule has 116 valence electrons. The zero-order valence-corrected chi connectivity index (χ0v) is 13.0. The Morgan fingerprint density at radius 2 is 1.77 bits per heavy atom. The third-order valence-electron chi connectivity index (χ3n) is 2.80. The van der Waals surface area contributed by atoms with Crippen molar-refractivity contribution in [1.29, 1.82) is 0 Å². The fourth-order valence-corrected chi connectivity index (χ4v) is 1.75. The van der Waals surface area contributed by atoms with Gasteiger partial charge in [-0.25, -0.2) is 19.9 Å². The maximum atomic E-state index is 12.0. The minimum atomic E-state index is -0.320. The van der Waals surface area contributed by atoms with Gasteiger partial charge in [-0.1, -0.05) is 0 Å². The number of nitrogens with zero attached hydrogens (tertiary/aromatic N) is 5. The molecule has 1 N–H and O–H groups in total. The predicted molar refractivity (Wildman–Crippen MR) is 82.0 cm³/mol. The van der Waals surface area contributed by atoms with Gasteiger partial charge in [-0.3, -0.25) is 4.79 Å². The Bertz CT molecular complexity index is 637. The molecule has 0 aliphatic heterocycles. The van der Waals surface area contributed by atoms with Crippen LogP contribution >= 0.6 is 0 Å². The van der Waals surface area contributed by atoms with Crippen LogP contribution in [-0.4, -0.2) is 46.5 Å². The Kier molecular flexibility index (Phi) is 4.82. The SMILES string of the molecule is Cc1nc(N(C)C)nc(C)c1NC(=O)COc1ncccn1. The van der Waals surface area contributed by atoms with E-state index in [4.69, 9.17) is 4.74 Å². The summed E-state index contributed by atoms with van der Waals surface area (Å²) in [6, 6.07) is 1.83. The summed E-state index contributed by atoms with van der Waals surface area (Å²) in [4.78, 5) is 30.2. The van der Waals surface area contributed by atoms with E-state index < -0.39 is 0 Å². The monoisotopic (exact) mass is 302 g/mol. The van der Waals surface area contributed by atoms with E-state index in [1.165, 1.54) is 0 Å². The highest BCUT2D eigenvalue weighted by Crippen LogP contribution is 2.19. The molecule has 0 bridgehead atoms. The van der Waals surface area contributed by atoms with E-state index in [2.05, 4.69) is 25.3 Å². The summed E-state index contributed by atoms with van der Waals surface area (Å²) in [7, 11) is 3.72. The van der Waals surface area contributed by atoms with E-state index in [1.54, 1.807) is 23.4 Å². The highest BCUT2D eigenvalue weighted by molar-refractivity contribution is 5.92. The van der Waals surface area contributed by atoms with Gasteiger partial charge in [-0.2, -0.15) is 0 Å². The highest BCUT2D eigenvalue weighted by Gasteiger charge is 2.13. The zero-order chi connectivity index (χ0) is 16.1. The van der Waals surface area contributed by atoms with Gasteiger partial charge in [-0.15, -0.1) is 0 Å². The number of amides is 1. The van der Waals surface area contributed by atoms with Gasteiger partial charge < -0.3 is 15.0 Å². The number of ether oxygens (including phenoxy) is 1. The average Bonchev–Trinajstić information content (AvgIpc) is 2.49. The van der Waals surface area contributed by atoms with Crippen LogP contribution in [0.1, 0.15) is 11.4 Å². The molecular formula is C14H18N6O2. The standard InChI is InChI=1S/C14H18N6O2/c1-9-12(10(2)18-13(17-9)20(3)4)19-11(21)8-22-14-15-6-5-7-16-14/h5-7H,8H2,1-4H3,(H,19,21). The fourth-order valence-electron chi connectivity index (χ4n) is 1.75. The van der Waals surface area contributed by atoms with Crippen LogP contribution in [0.2, 0.25) is 0 Å². The van der Waals surface area contributed by atoms with E-state index in [9.17, 15) is 4.79 Å². The first kappa shape index (κ1) is 15.6. The topological polar surface area (TPSA) is 93.1 Å². The Morgan fingerprint density at radius 3 is 2.32 bits per heavy atom. The lowest BCUT2D eigenvalue weighted by molar-refractivity contribution is -0.118. The van der Waals surface area contributed by atoms with E-state index in [0.29, 0.717) is 23.0 Å². The second-order valence-corrected chi connectivity index (χ2v) is 4.83. The van der Waals surface area contributed by atoms with E-state index >= 15 is 0 Å². The van der Waals surface area contributed by atoms with Crippen molar-refractivity contribution in [3.8, 4) is 6.01 Å². The van der Waals surface area contributed by atoms with Crippen LogP contribution in [0.4, 0.5) is 11.6 Å². The van der Waals surface area contributed by atoms with Crippen molar-refractivity contribution >= 4 is 17.5 Å². The Morgan fingerprint density at radius 1 is 1.18 bits per heavy atom. The molecule has 2 aromatic heterocycles. The number of carbonyl (C=O) groups excluding carboxylic acids is 1. The van der Waals surface area contributed by atoms with Crippen molar-refractivity contribution in [2.24, 2.45) is 0 Å². The number of anilines is 2. The summed E-state index contributed by atoms with van der Waals surface area (Å²) in [6.45, 7) is 3.45. The molecule has 0 fully saturated rings. The third kappa shape index (κ3) is 3.87. The lowest BCUT2D eigenvalue weighted by Crippen LogP contribution is -2.23. The van der Waals surface area contributed by atoms with E-state index in [-0.39, 0.29) is 18.5 Å². The van der Waals surface area contributed by atoms with Crippen molar-refractivity contribution in [2.75, 3.05) is 30.9 Å². The lowest BCUT2D eigenvalue weighted by atomic mass is 10.3. The Labute approximate surface area is 128 Å². The minimum Gasteiger partial charge on any atom is -0.453 e. The van der Waals surface area contributed by atoms with E-state index in [0.717, 1.165) is 0 Å². The molecule has 0 atom stereocenters. The first-order chi connectivity index (χ1) is 10.5. The number of nitrogens with one attached hydrogen (secondary N) is 1. The molecular weight excluding hydrogens is 284 g/mol. The summed E-state index contributed by atoms with van der Waals surface area (Å²) in [5.74, 6) is 0.279. The molecule has 0 radical (unpaired) electrons. The van der Waals surface area contributed by atoms with Crippen LogP contribution in [0, 0.1) is 13.8 Å². The number of hydrogen-bond donors (Lipinski definition) is 1. The second kappa shape index (κ2) is 6.79. The zero-order valence-electron chi connectivity index (χ0n) is 13.0. The van der Waals surface area contributed by atoms with Crippen LogP contribution in [0.25, 0.3) is 0 Å². The molecule has 0 saturated heterocycles. The molecule has 0 aliphatic carbocycles. The molecule has 0 spiro atoms. The molecule has 2 heterocycles. The molecule has 0 aliphatic rings. The van der Waals surface area contributed by atoms with Crippen molar-refractivity contribution in [3.05, 3.63) is 29.8 Å². The first-order valence-electron chi connectivity index (χ1n) is 6.69. The van der Waals surface area contributed by atoms with Gasteiger partial charge in [-0.05, 0) is 19.9 Å². The lowest BCUT2D eigenvalue weighted by Gasteiger charge is -2.15. The molecule has 0 saturated carbocycles. The van der Waals surface area contributed by atoms with Gasteiger partial charge in [0.1, 0.15) is 0 Å². The largest absolute Gasteiger partial charge is 0.453 e. The highest BCUT2D eigenvalue weighted by atomic mass is 16.5. The molecule has 22 heavy (non-hydrogen) atoms. The molecule has 2 aromatic rings. The molecule has 1 amide bonds. The van der Waals surface area contributed by atoms with Crippen LogP contribution in [0.3, 0.4) is 0 Å². The van der Waals surface area contributed by atoms with Gasteiger partial charge in [0.2, 0.25) is 5.95 Å². The molecule has 8 nitrogen and oxygen atoms in total. The molecule has 0 unspecified atom stereocenters. The van der Waals surface area contributed by atoms with Crippen molar-refractivity contribution in [3.63, 3.8) is 0 Å². The van der Waals surface area contributed by atoms with Gasteiger partial charge in [0.05, 0.1) is 17.1 Å². The summed E-state index contributed by atoms with van der Waals surface area (Å²) in [5, 5.41) is 2.75. The van der Waals surface area contributed by atoms with Gasteiger partial charge in [0.25, 0.3) is 5.91 Å². The van der Waals surface area contributed by atoms with Crippen LogP contribution in [0.5, 0.6) is 6.01 Å². The number of hydrogen-bond acceptors (Lipinski definition) is 7. The number of aryl methyl sites for hydroxylation is 2. The van der Waals surface area contributed by atoms with Gasteiger partial charge in [0.15, 0.2) is 6.61 Å². The van der Waals surface area contributed by atoms with Crippen LogP contribution < -0.4 is 15.0 Å². The van der Waals surface area contributed by atoms with Crippen molar-refractivity contribution in [1.82, 2.24) is 19.9 Å². The van der Waals surface area contributed by atoms with Gasteiger partial charge in [0, 0.05) is 26.5 Å². The maximum Gasteiger partial charge on any atom is 0.316 e. The quantitative estimate of drug-likeness (QED) is 0.879. The average molecular weight is 302 g/mol. The smallest absolute Gasteiger partial charge is 0.316 e. The van der Waals surface area contributed by atoms with Crippen LogP contribution in [-0.2, 0) is 4.79 Å². The normalized spacial score (nSPS) is 10.2. The summed E-state index contributed by atoms with van der Waals surface area (Å²) in [6.07, 6.45) is 3.09. The van der Waals surface area contributed by atoms with E-state index in [1.807, 2.05) is 27.9 Å². The number of carbonyl (C=O) groups is 1. The van der Waals surface area contributed by atoms with Crippen molar-refractivity contribution < 1.29 is 9.53 Å². The molecule has 0 aromatic carbocycles. The number of aromatic nitrogens is 4. The molecule has 8 heteroatoms. The van der Waals surface area contributed by atoms with Crippen molar-refractivity contribution in [2.45, 2.75) is 13.8 Å². The van der Waals surface area contributed by atoms with Gasteiger partial charge >= 0.3 is 6.01 Å². The summed E-state index contributed by atoms with van der Waals surface area (Å²) >= 11 is 0. The third-order valence-corrected chi connectivity index (χ3v) is 2.80. The Hall–Kier alpha value is -2.77. The first-order valence-corrected chi connectivity index (χ1v) is 6.69. The molecule has 2 rings (SSSR count). The Balaban J connectivity index is 2.02. The maximum absolute atomic E-state index is 12.0.